The van der Waals surface area contributed by atoms with Crippen molar-refractivity contribution in [2.75, 3.05) is 5.75 Å². The molecule has 11 heteroatoms. The van der Waals surface area contributed by atoms with Gasteiger partial charge >= 0.3 is 0 Å². The van der Waals surface area contributed by atoms with Crippen LogP contribution in [0.1, 0.15) is 30.7 Å². The SMILES string of the molecule is CCSc1nnc(C(F)F)n1N=Cc1ccc(COc2ccc(Cl)c(Cl)c2)o1. The van der Waals surface area contributed by atoms with Crippen LogP contribution < -0.4 is 4.74 Å². The maximum absolute atomic E-state index is 13.1. The number of halogens is 4. The standard InChI is InChI=1S/C17H14Cl2F2N4O2S/c1-2-28-17-24-23-16(15(20)21)25(17)22-8-11-3-4-12(27-11)9-26-10-5-6-13(18)14(19)7-10/h3-8,15H,2,9H2,1H3. The highest BCUT2D eigenvalue weighted by molar-refractivity contribution is 7.99. The minimum Gasteiger partial charge on any atom is -0.486 e. The lowest BCUT2D eigenvalue weighted by atomic mass is 10.3. The van der Waals surface area contributed by atoms with Crippen molar-refractivity contribution in [3.8, 4) is 5.75 Å². The second-order valence-corrected chi connectivity index (χ2v) is 7.35. The van der Waals surface area contributed by atoms with Crippen LogP contribution in [0, 0.1) is 0 Å². The van der Waals surface area contributed by atoms with E-state index in [1.54, 1.807) is 30.3 Å². The molecule has 2 aromatic heterocycles. The molecule has 0 bridgehead atoms. The fraction of sp³-hybridized carbons (Fsp3) is 0.235. The first-order valence-electron chi connectivity index (χ1n) is 8.05. The number of hydrogen-bond acceptors (Lipinski definition) is 6. The van der Waals surface area contributed by atoms with Gasteiger partial charge in [-0.2, -0.15) is 9.78 Å². The van der Waals surface area contributed by atoms with E-state index in [-0.39, 0.29) is 11.8 Å². The van der Waals surface area contributed by atoms with Crippen LogP contribution in [0.4, 0.5) is 8.78 Å². The summed E-state index contributed by atoms with van der Waals surface area (Å²) in [5.41, 5.74) is 0. The van der Waals surface area contributed by atoms with Crippen LogP contribution in [0.3, 0.4) is 0 Å². The molecule has 0 N–H and O–H groups in total. The minimum atomic E-state index is -2.79. The lowest BCUT2D eigenvalue weighted by molar-refractivity contribution is 0.135. The summed E-state index contributed by atoms with van der Waals surface area (Å²) in [6.45, 7) is 2.03. The summed E-state index contributed by atoms with van der Waals surface area (Å²) < 4.78 is 38.3. The van der Waals surface area contributed by atoms with Gasteiger partial charge in [-0.25, -0.2) is 8.78 Å². The number of furan rings is 1. The normalized spacial score (nSPS) is 11.6. The summed E-state index contributed by atoms with van der Waals surface area (Å²) in [6.07, 6.45) is -1.47. The predicted molar refractivity (Wildman–Crippen MR) is 104 cm³/mol. The molecule has 0 spiro atoms. The van der Waals surface area contributed by atoms with Crippen molar-refractivity contribution in [3.63, 3.8) is 0 Å². The van der Waals surface area contributed by atoms with E-state index in [0.717, 1.165) is 4.68 Å². The first kappa shape index (κ1) is 20.6. The quantitative estimate of drug-likeness (QED) is 0.328. The molecule has 28 heavy (non-hydrogen) atoms. The number of nitrogens with zero attached hydrogens (tertiary/aromatic N) is 4. The second-order valence-electron chi connectivity index (χ2n) is 5.30. The van der Waals surface area contributed by atoms with Crippen LogP contribution in [0.15, 0.2) is 45.0 Å². The molecule has 3 rings (SSSR count). The van der Waals surface area contributed by atoms with Crippen molar-refractivity contribution in [1.82, 2.24) is 14.9 Å². The predicted octanol–water partition coefficient (Wildman–Crippen LogP) is 5.69. The third kappa shape index (κ3) is 5.03. The molecule has 0 unspecified atom stereocenters. The summed E-state index contributed by atoms with van der Waals surface area (Å²) in [5.74, 6) is 1.55. The summed E-state index contributed by atoms with van der Waals surface area (Å²) >= 11 is 13.1. The first-order chi connectivity index (χ1) is 13.5. The summed E-state index contributed by atoms with van der Waals surface area (Å²) in [4.78, 5) is 0. The van der Waals surface area contributed by atoms with Gasteiger partial charge in [0.1, 0.15) is 23.9 Å². The lowest BCUT2D eigenvalue weighted by Gasteiger charge is -2.05. The van der Waals surface area contributed by atoms with Crippen LogP contribution in [0.25, 0.3) is 0 Å². The number of alkyl halides is 2. The number of thioether (sulfide) groups is 1. The topological polar surface area (TPSA) is 65.4 Å². The highest BCUT2D eigenvalue weighted by Crippen LogP contribution is 2.27. The van der Waals surface area contributed by atoms with Crippen molar-refractivity contribution in [2.45, 2.75) is 25.1 Å². The van der Waals surface area contributed by atoms with Gasteiger partial charge in [0, 0.05) is 6.07 Å². The largest absolute Gasteiger partial charge is 0.486 e. The Kier molecular flexibility index (Phi) is 6.93. The van der Waals surface area contributed by atoms with E-state index in [9.17, 15) is 8.78 Å². The van der Waals surface area contributed by atoms with Gasteiger partial charge in [-0.05, 0) is 30.0 Å². The number of ether oxygens (including phenoxy) is 1. The van der Waals surface area contributed by atoms with Crippen molar-refractivity contribution in [3.05, 3.63) is 57.7 Å². The molecule has 0 fully saturated rings. The van der Waals surface area contributed by atoms with Crippen LogP contribution in [0.2, 0.25) is 10.0 Å². The molecular formula is C17H14Cl2F2N4O2S. The zero-order valence-corrected chi connectivity index (χ0v) is 16.8. The number of hydrogen-bond donors (Lipinski definition) is 0. The zero-order valence-electron chi connectivity index (χ0n) is 14.5. The molecular weight excluding hydrogens is 433 g/mol. The molecule has 2 heterocycles. The van der Waals surface area contributed by atoms with Gasteiger partial charge < -0.3 is 9.15 Å². The summed E-state index contributed by atoms with van der Waals surface area (Å²) in [6, 6.07) is 8.26. The van der Waals surface area contributed by atoms with E-state index in [2.05, 4.69) is 15.3 Å². The Morgan fingerprint density at radius 1 is 1.25 bits per heavy atom. The van der Waals surface area contributed by atoms with E-state index in [4.69, 9.17) is 32.4 Å². The van der Waals surface area contributed by atoms with Crippen molar-refractivity contribution in [2.24, 2.45) is 5.10 Å². The molecule has 0 saturated carbocycles. The summed E-state index contributed by atoms with van der Waals surface area (Å²) in [7, 11) is 0. The average molecular weight is 447 g/mol. The molecule has 148 valence electrons. The van der Waals surface area contributed by atoms with Crippen LogP contribution in [0.5, 0.6) is 5.75 Å². The average Bonchev–Trinajstić information content (AvgIpc) is 3.28. The zero-order chi connectivity index (χ0) is 20.1. The van der Waals surface area contributed by atoms with Crippen LogP contribution in [-0.4, -0.2) is 26.8 Å². The number of aromatic nitrogens is 3. The van der Waals surface area contributed by atoms with E-state index in [0.29, 0.717) is 33.1 Å². The molecule has 0 aliphatic carbocycles. The lowest BCUT2D eigenvalue weighted by Crippen LogP contribution is -2.00. The van der Waals surface area contributed by atoms with Crippen LogP contribution in [-0.2, 0) is 6.61 Å². The molecule has 6 nitrogen and oxygen atoms in total. The van der Waals surface area contributed by atoms with Crippen molar-refractivity contribution in [1.29, 1.82) is 0 Å². The Labute approximate surface area is 173 Å². The fourth-order valence-electron chi connectivity index (χ4n) is 2.12. The van der Waals surface area contributed by atoms with Gasteiger partial charge in [0.15, 0.2) is 0 Å². The number of benzene rings is 1. The van der Waals surface area contributed by atoms with E-state index in [1.807, 2.05) is 6.92 Å². The highest BCUT2D eigenvalue weighted by Gasteiger charge is 2.20. The van der Waals surface area contributed by atoms with E-state index in [1.165, 1.54) is 18.0 Å². The third-order valence-corrected chi connectivity index (χ3v) is 4.90. The van der Waals surface area contributed by atoms with E-state index < -0.39 is 12.2 Å². The molecule has 0 saturated heterocycles. The van der Waals surface area contributed by atoms with E-state index >= 15 is 0 Å². The van der Waals surface area contributed by atoms with Gasteiger partial charge in [-0.15, -0.1) is 10.2 Å². The van der Waals surface area contributed by atoms with Gasteiger partial charge in [-0.1, -0.05) is 41.9 Å². The molecule has 1 aromatic carbocycles. The monoisotopic (exact) mass is 446 g/mol. The Morgan fingerprint density at radius 2 is 2.07 bits per heavy atom. The Bertz CT molecular complexity index is 978. The third-order valence-electron chi connectivity index (χ3n) is 3.36. The maximum atomic E-state index is 13.1. The number of rotatable bonds is 8. The molecule has 0 aliphatic heterocycles. The van der Waals surface area contributed by atoms with Gasteiger partial charge in [0.05, 0.1) is 16.3 Å². The maximum Gasteiger partial charge on any atom is 0.299 e. The molecule has 0 atom stereocenters. The molecule has 0 radical (unpaired) electrons. The molecule has 0 aliphatic rings. The van der Waals surface area contributed by atoms with Crippen molar-refractivity contribution < 1.29 is 17.9 Å². The van der Waals surface area contributed by atoms with Gasteiger partial charge in [0.25, 0.3) is 6.43 Å². The second kappa shape index (κ2) is 9.40. The smallest absolute Gasteiger partial charge is 0.299 e. The fourth-order valence-corrected chi connectivity index (χ4v) is 3.03. The molecule has 0 amide bonds. The molecule has 3 aromatic rings. The summed E-state index contributed by atoms with van der Waals surface area (Å²) in [5, 5.41) is 12.3. The first-order valence-corrected chi connectivity index (χ1v) is 9.79. The highest BCUT2D eigenvalue weighted by atomic mass is 35.5. The minimum absolute atomic E-state index is 0.150. The van der Waals surface area contributed by atoms with Gasteiger partial charge in [-0.3, -0.25) is 0 Å². The van der Waals surface area contributed by atoms with Crippen LogP contribution >= 0.6 is 35.0 Å². The Morgan fingerprint density at radius 3 is 2.79 bits per heavy atom. The Balaban J connectivity index is 1.69. The van der Waals surface area contributed by atoms with Crippen molar-refractivity contribution >= 4 is 41.2 Å². The Hall–Kier alpha value is -2.10. The van der Waals surface area contributed by atoms with Gasteiger partial charge in [0.2, 0.25) is 11.0 Å².